The molecule has 1 aromatic rings. The second-order valence-corrected chi connectivity index (χ2v) is 4.29. The van der Waals surface area contributed by atoms with Crippen LogP contribution in [-0.4, -0.2) is 27.1 Å². The maximum Gasteiger partial charge on any atom is 0.303 e. The summed E-state index contributed by atoms with van der Waals surface area (Å²) in [4.78, 5) is 31.7. The number of carboxylic acid groups (broad SMARTS) is 2. The fourth-order valence-electron chi connectivity index (χ4n) is 1.73. The molecular weight excluding hydrogens is 278 g/mol. The number of benzene rings is 1. The van der Waals surface area contributed by atoms with Crippen LogP contribution in [-0.2, 0) is 9.59 Å². The number of rotatable bonds is 6. The lowest BCUT2D eigenvalue weighted by atomic mass is 9.91. The lowest BCUT2D eigenvalue weighted by Gasteiger charge is -2.13. The lowest BCUT2D eigenvalue weighted by molar-refractivity contribution is -0.385. The van der Waals surface area contributed by atoms with Crippen LogP contribution in [0.2, 0.25) is 5.02 Å². The highest BCUT2D eigenvalue weighted by Crippen LogP contribution is 2.33. The van der Waals surface area contributed by atoms with Gasteiger partial charge in [0.25, 0.3) is 5.69 Å². The molecule has 0 aliphatic heterocycles. The Morgan fingerprint density at radius 1 is 1.26 bits per heavy atom. The van der Waals surface area contributed by atoms with Crippen molar-refractivity contribution >= 4 is 29.2 Å². The summed E-state index contributed by atoms with van der Waals surface area (Å²) in [5.74, 6) is -3.48. The average molecular weight is 288 g/mol. The van der Waals surface area contributed by atoms with Gasteiger partial charge in [-0.15, -0.1) is 0 Å². The molecule has 0 radical (unpaired) electrons. The summed E-state index contributed by atoms with van der Waals surface area (Å²) in [6.45, 7) is 0. The van der Waals surface area contributed by atoms with Crippen molar-refractivity contribution in [3.05, 3.63) is 38.9 Å². The Morgan fingerprint density at radius 3 is 2.21 bits per heavy atom. The third-order valence-corrected chi connectivity index (χ3v) is 2.70. The summed E-state index contributed by atoms with van der Waals surface area (Å²) >= 11 is 5.72. The standard InChI is InChI=1S/C11H10ClNO6/c12-7-1-2-9(13(18)19)8(5-7)6(3-10(14)15)4-11(16)17/h1-2,5-6H,3-4H2,(H,14,15)(H,16,17). The topological polar surface area (TPSA) is 118 Å². The Morgan fingerprint density at radius 2 is 1.79 bits per heavy atom. The average Bonchev–Trinajstić information content (AvgIpc) is 2.26. The van der Waals surface area contributed by atoms with Gasteiger partial charge in [0.2, 0.25) is 0 Å². The van der Waals surface area contributed by atoms with E-state index in [-0.39, 0.29) is 16.3 Å². The zero-order valence-corrected chi connectivity index (χ0v) is 10.3. The molecule has 0 amide bonds. The molecule has 102 valence electrons. The summed E-state index contributed by atoms with van der Waals surface area (Å²) < 4.78 is 0. The van der Waals surface area contributed by atoms with Crippen LogP contribution in [0.15, 0.2) is 18.2 Å². The smallest absolute Gasteiger partial charge is 0.303 e. The number of nitro benzene ring substituents is 1. The highest BCUT2D eigenvalue weighted by molar-refractivity contribution is 6.30. The van der Waals surface area contributed by atoms with E-state index in [0.717, 1.165) is 6.07 Å². The van der Waals surface area contributed by atoms with Crippen molar-refractivity contribution in [1.29, 1.82) is 0 Å². The van der Waals surface area contributed by atoms with E-state index < -0.39 is 35.6 Å². The maximum atomic E-state index is 10.9. The van der Waals surface area contributed by atoms with Gasteiger partial charge < -0.3 is 10.2 Å². The zero-order valence-electron chi connectivity index (χ0n) is 9.58. The summed E-state index contributed by atoms with van der Waals surface area (Å²) in [7, 11) is 0. The van der Waals surface area contributed by atoms with Crippen molar-refractivity contribution < 1.29 is 24.7 Å². The minimum atomic E-state index is -1.24. The molecule has 2 N–H and O–H groups in total. The molecule has 19 heavy (non-hydrogen) atoms. The summed E-state index contributed by atoms with van der Waals surface area (Å²) in [6, 6.07) is 3.66. The van der Waals surface area contributed by atoms with Crippen molar-refractivity contribution in [2.24, 2.45) is 0 Å². The monoisotopic (exact) mass is 287 g/mol. The molecule has 0 aliphatic carbocycles. The second-order valence-electron chi connectivity index (χ2n) is 3.85. The predicted octanol–water partition coefficient (Wildman–Crippen LogP) is 2.28. The molecule has 0 saturated heterocycles. The molecule has 0 aliphatic rings. The van der Waals surface area contributed by atoms with Gasteiger partial charge in [-0.1, -0.05) is 11.6 Å². The van der Waals surface area contributed by atoms with Gasteiger partial charge in [-0.3, -0.25) is 19.7 Å². The minimum absolute atomic E-state index is 0.0160. The number of aliphatic carboxylic acids is 2. The molecular formula is C11H10ClNO6. The molecule has 0 spiro atoms. The van der Waals surface area contributed by atoms with Crippen LogP contribution in [0, 0.1) is 10.1 Å². The maximum absolute atomic E-state index is 10.9. The third-order valence-electron chi connectivity index (χ3n) is 2.47. The van der Waals surface area contributed by atoms with Crippen LogP contribution in [0.1, 0.15) is 24.3 Å². The molecule has 0 bridgehead atoms. The van der Waals surface area contributed by atoms with Crippen molar-refractivity contribution in [1.82, 2.24) is 0 Å². The fourth-order valence-corrected chi connectivity index (χ4v) is 1.91. The van der Waals surface area contributed by atoms with Gasteiger partial charge in [0.15, 0.2) is 0 Å². The van der Waals surface area contributed by atoms with Crippen LogP contribution >= 0.6 is 11.6 Å². The van der Waals surface area contributed by atoms with E-state index in [1.165, 1.54) is 12.1 Å². The first-order valence-corrected chi connectivity index (χ1v) is 5.56. The Balaban J connectivity index is 3.26. The van der Waals surface area contributed by atoms with Gasteiger partial charge in [-0.25, -0.2) is 0 Å². The molecule has 0 fully saturated rings. The van der Waals surface area contributed by atoms with Crippen LogP contribution in [0.25, 0.3) is 0 Å². The number of carbonyl (C=O) groups is 2. The summed E-state index contributed by atoms with van der Waals surface area (Å²) in [5, 5.41) is 28.6. The van der Waals surface area contributed by atoms with E-state index in [1.54, 1.807) is 0 Å². The minimum Gasteiger partial charge on any atom is -0.481 e. The Kier molecular flexibility index (Phi) is 4.82. The fraction of sp³-hybridized carbons (Fsp3) is 0.273. The molecule has 0 unspecified atom stereocenters. The molecule has 0 saturated carbocycles. The molecule has 7 nitrogen and oxygen atoms in total. The molecule has 1 rings (SSSR count). The van der Waals surface area contributed by atoms with E-state index in [1.807, 2.05) is 0 Å². The van der Waals surface area contributed by atoms with Crippen molar-refractivity contribution in [2.75, 3.05) is 0 Å². The van der Waals surface area contributed by atoms with E-state index in [2.05, 4.69) is 0 Å². The Labute approximate surface area is 112 Å². The molecule has 0 atom stereocenters. The predicted molar refractivity (Wildman–Crippen MR) is 65.4 cm³/mol. The molecule has 0 heterocycles. The van der Waals surface area contributed by atoms with Gasteiger partial charge in [0.1, 0.15) is 0 Å². The highest BCUT2D eigenvalue weighted by Gasteiger charge is 2.26. The van der Waals surface area contributed by atoms with Crippen LogP contribution in [0.3, 0.4) is 0 Å². The van der Waals surface area contributed by atoms with Crippen LogP contribution in [0.5, 0.6) is 0 Å². The largest absolute Gasteiger partial charge is 0.481 e. The van der Waals surface area contributed by atoms with Gasteiger partial charge >= 0.3 is 11.9 Å². The number of hydrogen-bond donors (Lipinski definition) is 2. The van der Waals surface area contributed by atoms with E-state index in [9.17, 15) is 19.7 Å². The van der Waals surface area contributed by atoms with Gasteiger partial charge in [0, 0.05) is 22.6 Å². The normalized spacial score (nSPS) is 10.4. The lowest BCUT2D eigenvalue weighted by Crippen LogP contribution is -2.12. The SMILES string of the molecule is O=C(O)CC(CC(=O)O)c1cc(Cl)ccc1[N+](=O)[O-]. The van der Waals surface area contributed by atoms with Gasteiger partial charge in [-0.05, 0) is 12.1 Å². The number of halogens is 1. The van der Waals surface area contributed by atoms with Crippen molar-refractivity contribution in [3.63, 3.8) is 0 Å². The first kappa shape index (κ1) is 14.9. The second kappa shape index (κ2) is 6.14. The summed E-state index contributed by atoms with van der Waals surface area (Å²) in [5.41, 5.74) is -0.320. The third kappa shape index (κ3) is 4.22. The summed E-state index contributed by atoms with van der Waals surface area (Å²) in [6.07, 6.45) is -1.04. The highest BCUT2D eigenvalue weighted by atomic mass is 35.5. The van der Waals surface area contributed by atoms with E-state index in [0.29, 0.717) is 0 Å². The quantitative estimate of drug-likeness (QED) is 0.612. The Hall–Kier alpha value is -2.15. The Bertz CT molecular complexity index is 514. The van der Waals surface area contributed by atoms with E-state index in [4.69, 9.17) is 21.8 Å². The number of nitrogens with zero attached hydrogens (tertiary/aromatic N) is 1. The first-order chi connectivity index (χ1) is 8.81. The first-order valence-electron chi connectivity index (χ1n) is 5.18. The molecule has 8 heteroatoms. The number of hydrogen-bond acceptors (Lipinski definition) is 4. The molecule has 1 aromatic carbocycles. The van der Waals surface area contributed by atoms with Gasteiger partial charge in [0.05, 0.1) is 17.8 Å². The van der Waals surface area contributed by atoms with E-state index >= 15 is 0 Å². The zero-order chi connectivity index (χ0) is 14.6. The molecule has 0 aromatic heterocycles. The number of carboxylic acids is 2. The van der Waals surface area contributed by atoms with Gasteiger partial charge in [-0.2, -0.15) is 0 Å². The van der Waals surface area contributed by atoms with Crippen molar-refractivity contribution in [3.8, 4) is 0 Å². The van der Waals surface area contributed by atoms with Crippen molar-refractivity contribution in [2.45, 2.75) is 18.8 Å². The van der Waals surface area contributed by atoms with Crippen LogP contribution in [0.4, 0.5) is 5.69 Å². The number of nitro groups is 1. The van der Waals surface area contributed by atoms with Crippen LogP contribution < -0.4 is 0 Å².